The minimum absolute atomic E-state index is 0. The Labute approximate surface area is 133 Å². The summed E-state index contributed by atoms with van der Waals surface area (Å²) in [6.45, 7) is 0.567. The second kappa shape index (κ2) is 7.66. The molecule has 0 radical (unpaired) electrons. The summed E-state index contributed by atoms with van der Waals surface area (Å²) in [5, 5.41) is 2.99. The zero-order valence-electron chi connectivity index (χ0n) is 12.9. The van der Waals surface area contributed by atoms with Gasteiger partial charge in [-0.15, -0.1) is 12.4 Å². The van der Waals surface area contributed by atoms with Crippen LogP contribution in [0.4, 0.5) is 5.69 Å². The Morgan fingerprint density at radius 2 is 1.95 bits per heavy atom. The third-order valence-electron chi connectivity index (χ3n) is 4.08. The molecular formula is C16H26ClN3O. The fourth-order valence-corrected chi connectivity index (χ4v) is 2.72. The number of anilines is 1. The highest BCUT2D eigenvalue weighted by Crippen LogP contribution is 2.25. The van der Waals surface area contributed by atoms with Crippen molar-refractivity contribution in [2.45, 2.75) is 37.6 Å². The van der Waals surface area contributed by atoms with E-state index < -0.39 is 0 Å². The van der Waals surface area contributed by atoms with Crippen LogP contribution in [0.25, 0.3) is 0 Å². The van der Waals surface area contributed by atoms with Crippen LogP contribution in [-0.4, -0.2) is 32.1 Å². The van der Waals surface area contributed by atoms with Crippen LogP contribution < -0.4 is 16.0 Å². The van der Waals surface area contributed by atoms with Crippen LogP contribution in [-0.2, 0) is 0 Å². The SMILES string of the molecule is CN(C)c1cccc(C(=O)NCC2(N)CCCCC2)c1.Cl. The molecule has 1 aromatic rings. The van der Waals surface area contributed by atoms with Crippen LogP contribution in [0.5, 0.6) is 0 Å². The number of nitrogens with zero attached hydrogens (tertiary/aromatic N) is 1. The lowest BCUT2D eigenvalue weighted by Crippen LogP contribution is -2.51. The molecule has 118 valence electrons. The molecule has 1 aliphatic rings. The van der Waals surface area contributed by atoms with E-state index in [0.717, 1.165) is 18.5 Å². The monoisotopic (exact) mass is 311 g/mol. The molecule has 5 heteroatoms. The molecule has 21 heavy (non-hydrogen) atoms. The Morgan fingerprint density at radius 3 is 2.57 bits per heavy atom. The molecule has 0 unspecified atom stereocenters. The van der Waals surface area contributed by atoms with E-state index in [1.807, 2.05) is 43.3 Å². The van der Waals surface area contributed by atoms with Gasteiger partial charge in [0.05, 0.1) is 0 Å². The van der Waals surface area contributed by atoms with Gasteiger partial charge in [-0.2, -0.15) is 0 Å². The number of nitrogens with two attached hydrogens (primary N) is 1. The lowest BCUT2D eigenvalue weighted by Gasteiger charge is -2.33. The molecular weight excluding hydrogens is 286 g/mol. The predicted molar refractivity (Wildman–Crippen MR) is 90.4 cm³/mol. The number of halogens is 1. The lowest BCUT2D eigenvalue weighted by molar-refractivity contribution is 0.0937. The summed E-state index contributed by atoms with van der Waals surface area (Å²) < 4.78 is 0. The van der Waals surface area contributed by atoms with Gasteiger partial charge in [-0.05, 0) is 31.0 Å². The summed E-state index contributed by atoms with van der Waals surface area (Å²) in [6.07, 6.45) is 5.61. The van der Waals surface area contributed by atoms with Crippen molar-refractivity contribution in [3.8, 4) is 0 Å². The molecule has 0 saturated heterocycles. The first kappa shape index (κ1) is 17.8. The van der Waals surface area contributed by atoms with Gasteiger partial charge in [-0.1, -0.05) is 25.3 Å². The van der Waals surface area contributed by atoms with Gasteiger partial charge in [-0.3, -0.25) is 4.79 Å². The Morgan fingerprint density at radius 1 is 1.29 bits per heavy atom. The molecule has 4 nitrogen and oxygen atoms in total. The van der Waals surface area contributed by atoms with Crippen molar-refractivity contribution in [2.24, 2.45) is 5.73 Å². The summed E-state index contributed by atoms with van der Waals surface area (Å²) in [4.78, 5) is 14.2. The first-order valence-electron chi connectivity index (χ1n) is 7.35. The molecule has 0 spiro atoms. The molecule has 2 rings (SSSR count). The summed E-state index contributed by atoms with van der Waals surface area (Å²) in [5.74, 6) is -0.0379. The zero-order valence-corrected chi connectivity index (χ0v) is 13.7. The van der Waals surface area contributed by atoms with Crippen molar-refractivity contribution >= 4 is 24.0 Å². The number of carbonyl (C=O) groups is 1. The van der Waals surface area contributed by atoms with Gasteiger partial charge in [0, 0.05) is 37.4 Å². The molecule has 3 N–H and O–H groups in total. The average Bonchev–Trinajstić information content (AvgIpc) is 2.46. The molecule has 0 bridgehead atoms. The normalized spacial score (nSPS) is 16.7. The topological polar surface area (TPSA) is 58.4 Å². The fourth-order valence-electron chi connectivity index (χ4n) is 2.72. The zero-order chi connectivity index (χ0) is 14.6. The maximum atomic E-state index is 12.2. The highest BCUT2D eigenvalue weighted by Gasteiger charge is 2.27. The third kappa shape index (κ3) is 4.90. The fraction of sp³-hybridized carbons (Fsp3) is 0.562. The molecule has 0 atom stereocenters. The van der Waals surface area contributed by atoms with Crippen LogP contribution in [0.3, 0.4) is 0 Å². The predicted octanol–water partition coefficient (Wildman–Crippen LogP) is 2.57. The minimum Gasteiger partial charge on any atom is -0.378 e. The summed E-state index contributed by atoms with van der Waals surface area (Å²) >= 11 is 0. The molecule has 1 aromatic carbocycles. The highest BCUT2D eigenvalue weighted by atomic mass is 35.5. The molecule has 0 heterocycles. The largest absolute Gasteiger partial charge is 0.378 e. The Hall–Kier alpha value is -1.26. The van der Waals surface area contributed by atoms with Gasteiger partial charge < -0.3 is 16.0 Å². The summed E-state index contributed by atoms with van der Waals surface area (Å²) in [5.41, 5.74) is 7.84. The van der Waals surface area contributed by atoms with E-state index in [4.69, 9.17) is 5.73 Å². The second-order valence-electron chi connectivity index (χ2n) is 6.05. The van der Waals surface area contributed by atoms with Crippen LogP contribution in [0.15, 0.2) is 24.3 Å². The number of benzene rings is 1. The highest BCUT2D eigenvalue weighted by molar-refractivity contribution is 5.95. The van der Waals surface area contributed by atoms with E-state index in [2.05, 4.69) is 5.32 Å². The number of rotatable bonds is 4. The van der Waals surface area contributed by atoms with Crippen LogP contribution in [0.2, 0.25) is 0 Å². The Balaban J connectivity index is 0.00000220. The van der Waals surface area contributed by atoms with Crippen molar-refractivity contribution in [3.05, 3.63) is 29.8 Å². The van der Waals surface area contributed by atoms with E-state index in [9.17, 15) is 4.79 Å². The molecule has 0 aromatic heterocycles. The minimum atomic E-state index is -0.215. The molecule has 1 saturated carbocycles. The Kier molecular flexibility index (Phi) is 6.49. The Bertz CT molecular complexity index is 470. The third-order valence-corrected chi connectivity index (χ3v) is 4.08. The van der Waals surface area contributed by atoms with Crippen molar-refractivity contribution in [1.82, 2.24) is 5.32 Å². The molecule has 1 aliphatic carbocycles. The number of nitrogens with one attached hydrogen (secondary N) is 1. The maximum Gasteiger partial charge on any atom is 0.251 e. The molecule has 0 aliphatic heterocycles. The van der Waals surface area contributed by atoms with E-state index in [1.54, 1.807) is 0 Å². The number of carbonyl (C=O) groups excluding carboxylic acids is 1. The number of hydrogen-bond donors (Lipinski definition) is 2. The van der Waals surface area contributed by atoms with Crippen LogP contribution in [0, 0.1) is 0 Å². The standard InChI is InChI=1S/C16H25N3O.ClH/c1-19(2)14-8-6-7-13(11-14)15(20)18-12-16(17)9-4-3-5-10-16;/h6-8,11H,3-5,9-10,12,17H2,1-2H3,(H,18,20);1H. The quantitative estimate of drug-likeness (QED) is 0.898. The van der Waals surface area contributed by atoms with E-state index in [-0.39, 0.29) is 23.9 Å². The maximum absolute atomic E-state index is 12.2. The van der Waals surface area contributed by atoms with Gasteiger partial charge in [0.2, 0.25) is 0 Å². The van der Waals surface area contributed by atoms with Gasteiger partial charge in [0.15, 0.2) is 0 Å². The van der Waals surface area contributed by atoms with Crippen molar-refractivity contribution in [3.63, 3.8) is 0 Å². The molecule has 1 fully saturated rings. The first-order chi connectivity index (χ1) is 9.50. The van der Waals surface area contributed by atoms with Gasteiger partial charge >= 0.3 is 0 Å². The van der Waals surface area contributed by atoms with E-state index in [1.165, 1.54) is 19.3 Å². The van der Waals surface area contributed by atoms with E-state index >= 15 is 0 Å². The van der Waals surface area contributed by atoms with Crippen LogP contribution in [0.1, 0.15) is 42.5 Å². The smallest absolute Gasteiger partial charge is 0.251 e. The summed E-state index contributed by atoms with van der Waals surface area (Å²) in [6, 6.07) is 7.64. The average molecular weight is 312 g/mol. The van der Waals surface area contributed by atoms with Gasteiger partial charge in [-0.25, -0.2) is 0 Å². The van der Waals surface area contributed by atoms with Crippen molar-refractivity contribution in [2.75, 3.05) is 25.5 Å². The van der Waals surface area contributed by atoms with Gasteiger partial charge in [0.25, 0.3) is 5.91 Å². The molecule has 1 amide bonds. The van der Waals surface area contributed by atoms with Crippen molar-refractivity contribution < 1.29 is 4.79 Å². The summed E-state index contributed by atoms with van der Waals surface area (Å²) in [7, 11) is 3.93. The van der Waals surface area contributed by atoms with Gasteiger partial charge in [0.1, 0.15) is 0 Å². The van der Waals surface area contributed by atoms with E-state index in [0.29, 0.717) is 12.1 Å². The van der Waals surface area contributed by atoms with Crippen molar-refractivity contribution in [1.29, 1.82) is 0 Å². The number of amides is 1. The second-order valence-corrected chi connectivity index (χ2v) is 6.05. The number of hydrogen-bond acceptors (Lipinski definition) is 3. The lowest BCUT2D eigenvalue weighted by atomic mass is 9.82. The first-order valence-corrected chi connectivity index (χ1v) is 7.35. The van der Waals surface area contributed by atoms with Crippen LogP contribution >= 0.6 is 12.4 Å².